The van der Waals surface area contributed by atoms with Gasteiger partial charge in [-0.2, -0.15) is 0 Å². The van der Waals surface area contributed by atoms with Crippen LogP contribution in [0.5, 0.6) is 0 Å². The molecule has 3 rings (SSSR count). The van der Waals surface area contributed by atoms with Crippen LogP contribution in [0.2, 0.25) is 0 Å². The highest BCUT2D eigenvalue weighted by molar-refractivity contribution is 5.76. The Balaban J connectivity index is 1.94. The largest absolute Gasteiger partial charge is 0.381 e. The van der Waals surface area contributed by atoms with Crippen LogP contribution in [0, 0.1) is 0 Å². The molecule has 1 atom stereocenters. The zero-order chi connectivity index (χ0) is 12.5. The van der Waals surface area contributed by atoms with Crippen LogP contribution in [0.4, 0.5) is 0 Å². The van der Waals surface area contributed by atoms with Gasteiger partial charge >= 0.3 is 0 Å². The smallest absolute Gasteiger partial charge is 0.110 e. The minimum atomic E-state index is 0.0595. The van der Waals surface area contributed by atoms with Crippen molar-refractivity contribution in [2.45, 2.75) is 31.7 Å². The van der Waals surface area contributed by atoms with Gasteiger partial charge in [-0.15, -0.1) is 0 Å². The first-order valence-corrected chi connectivity index (χ1v) is 6.57. The molecule has 3 N–H and O–H groups in total. The van der Waals surface area contributed by atoms with Crippen LogP contribution in [-0.2, 0) is 4.74 Å². The van der Waals surface area contributed by atoms with E-state index in [0.717, 1.165) is 48.5 Å². The van der Waals surface area contributed by atoms with Gasteiger partial charge in [0.2, 0.25) is 0 Å². The van der Waals surface area contributed by atoms with Gasteiger partial charge in [0.05, 0.1) is 11.0 Å². The van der Waals surface area contributed by atoms with Crippen LogP contribution in [-0.4, -0.2) is 23.2 Å². The fourth-order valence-corrected chi connectivity index (χ4v) is 2.49. The molecule has 0 saturated carbocycles. The van der Waals surface area contributed by atoms with E-state index in [1.807, 2.05) is 13.0 Å². The van der Waals surface area contributed by atoms with Crippen molar-refractivity contribution in [1.82, 2.24) is 9.97 Å². The maximum absolute atomic E-state index is 5.90. The molecular formula is C14H19N3O. The van der Waals surface area contributed by atoms with Gasteiger partial charge in [-0.3, -0.25) is 0 Å². The molecule has 1 fully saturated rings. The lowest BCUT2D eigenvalue weighted by molar-refractivity contribution is 0.0838. The third kappa shape index (κ3) is 2.13. The number of nitrogens with one attached hydrogen (secondary N) is 1. The van der Waals surface area contributed by atoms with E-state index < -0.39 is 0 Å². The second kappa shape index (κ2) is 4.71. The number of H-pyrrole nitrogens is 1. The van der Waals surface area contributed by atoms with Gasteiger partial charge in [0.1, 0.15) is 5.82 Å². The first kappa shape index (κ1) is 11.7. The van der Waals surface area contributed by atoms with Gasteiger partial charge in [0.25, 0.3) is 0 Å². The van der Waals surface area contributed by atoms with Crippen LogP contribution in [0.15, 0.2) is 18.2 Å². The van der Waals surface area contributed by atoms with Crippen molar-refractivity contribution in [3.05, 3.63) is 29.6 Å². The lowest BCUT2D eigenvalue weighted by Crippen LogP contribution is -2.15. The van der Waals surface area contributed by atoms with Crippen molar-refractivity contribution in [3.8, 4) is 0 Å². The molecule has 4 nitrogen and oxygen atoms in total. The summed E-state index contributed by atoms with van der Waals surface area (Å²) in [6.45, 7) is 3.68. The number of ether oxygens (including phenoxy) is 1. The summed E-state index contributed by atoms with van der Waals surface area (Å²) < 4.78 is 5.39. The van der Waals surface area contributed by atoms with Gasteiger partial charge in [0.15, 0.2) is 0 Å². The minimum absolute atomic E-state index is 0.0595. The summed E-state index contributed by atoms with van der Waals surface area (Å²) >= 11 is 0. The van der Waals surface area contributed by atoms with Crippen LogP contribution >= 0.6 is 0 Å². The average Bonchev–Trinajstić information content (AvgIpc) is 2.82. The van der Waals surface area contributed by atoms with Crippen LogP contribution in [0.1, 0.15) is 43.1 Å². The Labute approximate surface area is 107 Å². The highest BCUT2D eigenvalue weighted by Gasteiger charge is 2.19. The number of nitrogens with two attached hydrogens (primary N) is 1. The number of hydrogen-bond donors (Lipinski definition) is 2. The normalized spacial score (nSPS) is 19.2. The van der Waals surface area contributed by atoms with Crippen LogP contribution in [0.3, 0.4) is 0 Å². The summed E-state index contributed by atoms with van der Waals surface area (Å²) in [5.74, 6) is 1.60. The summed E-state index contributed by atoms with van der Waals surface area (Å²) in [6.07, 6.45) is 2.11. The Morgan fingerprint density at radius 3 is 2.89 bits per heavy atom. The van der Waals surface area contributed by atoms with Gasteiger partial charge < -0.3 is 15.5 Å². The van der Waals surface area contributed by atoms with E-state index >= 15 is 0 Å². The Morgan fingerprint density at radius 2 is 2.17 bits per heavy atom. The SMILES string of the molecule is CC(N)c1ccc2nc(C3CCOCC3)[nH]c2c1. The lowest BCUT2D eigenvalue weighted by Gasteiger charge is -2.19. The molecule has 0 aliphatic carbocycles. The number of benzene rings is 1. The van der Waals surface area contributed by atoms with Crippen molar-refractivity contribution in [2.75, 3.05) is 13.2 Å². The fraction of sp³-hybridized carbons (Fsp3) is 0.500. The molecule has 1 aromatic heterocycles. The first-order valence-electron chi connectivity index (χ1n) is 6.57. The molecule has 4 heteroatoms. The van der Waals surface area contributed by atoms with E-state index in [-0.39, 0.29) is 6.04 Å². The number of aromatic nitrogens is 2. The lowest BCUT2D eigenvalue weighted by atomic mass is 10.00. The molecule has 2 aromatic rings. The van der Waals surface area contributed by atoms with Gasteiger partial charge in [0, 0.05) is 25.2 Å². The molecule has 18 heavy (non-hydrogen) atoms. The molecule has 1 unspecified atom stereocenters. The van der Waals surface area contributed by atoms with Crippen molar-refractivity contribution in [2.24, 2.45) is 5.73 Å². The van der Waals surface area contributed by atoms with Crippen LogP contribution < -0.4 is 5.73 Å². The van der Waals surface area contributed by atoms with Gasteiger partial charge in [-0.1, -0.05) is 6.07 Å². The maximum Gasteiger partial charge on any atom is 0.110 e. The predicted octanol–water partition coefficient (Wildman–Crippen LogP) is 2.48. The highest BCUT2D eigenvalue weighted by atomic mass is 16.5. The first-order chi connectivity index (χ1) is 8.74. The molecule has 1 aliphatic rings. The summed E-state index contributed by atoms with van der Waals surface area (Å²) in [5.41, 5.74) is 9.16. The van der Waals surface area contributed by atoms with Crippen molar-refractivity contribution < 1.29 is 4.74 Å². The van der Waals surface area contributed by atoms with Gasteiger partial charge in [-0.05, 0) is 37.5 Å². The summed E-state index contributed by atoms with van der Waals surface area (Å²) in [7, 11) is 0. The number of rotatable bonds is 2. The van der Waals surface area contributed by atoms with Crippen molar-refractivity contribution >= 4 is 11.0 Å². The second-order valence-corrected chi connectivity index (χ2v) is 5.07. The molecule has 96 valence electrons. The van der Waals surface area contributed by atoms with E-state index in [4.69, 9.17) is 10.5 Å². The number of nitrogens with zero attached hydrogens (tertiary/aromatic N) is 1. The molecule has 0 amide bonds. The topological polar surface area (TPSA) is 63.9 Å². The Bertz CT molecular complexity index is 541. The van der Waals surface area contributed by atoms with E-state index in [1.165, 1.54) is 0 Å². The summed E-state index contributed by atoms with van der Waals surface area (Å²) in [4.78, 5) is 8.12. The number of imidazole rings is 1. The van der Waals surface area contributed by atoms with Crippen molar-refractivity contribution in [1.29, 1.82) is 0 Å². The zero-order valence-corrected chi connectivity index (χ0v) is 10.6. The number of hydrogen-bond acceptors (Lipinski definition) is 3. The number of fused-ring (bicyclic) bond motifs is 1. The molecule has 1 saturated heterocycles. The fourth-order valence-electron chi connectivity index (χ4n) is 2.49. The molecule has 0 bridgehead atoms. The standard InChI is InChI=1S/C14H19N3O/c1-9(15)11-2-3-12-13(8-11)17-14(16-12)10-4-6-18-7-5-10/h2-3,8-10H,4-7,15H2,1H3,(H,16,17). The summed E-state index contributed by atoms with van der Waals surface area (Å²) in [6, 6.07) is 6.27. The molecule has 0 spiro atoms. The van der Waals surface area contributed by atoms with E-state index in [0.29, 0.717) is 5.92 Å². The van der Waals surface area contributed by atoms with E-state index in [9.17, 15) is 0 Å². The van der Waals surface area contributed by atoms with Gasteiger partial charge in [-0.25, -0.2) is 4.98 Å². The van der Waals surface area contributed by atoms with E-state index in [2.05, 4.69) is 22.1 Å². The third-order valence-electron chi connectivity index (χ3n) is 3.66. The maximum atomic E-state index is 5.90. The van der Waals surface area contributed by atoms with Crippen LogP contribution in [0.25, 0.3) is 11.0 Å². The third-order valence-corrected chi connectivity index (χ3v) is 3.66. The predicted molar refractivity (Wildman–Crippen MR) is 71.5 cm³/mol. The quantitative estimate of drug-likeness (QED) is 0.854. The number of aromatic amines is 1. The summed E-state index contributed by atoms with van der Waals surface area (Å²) in [5, 5.41) is 0. The Hall–Kier alpha value is -1.39. The average molecular weight is 245 g/mol. The Morgan fingerprint density at radius 1 is 1.39 bits per heavy atom. The second-order valence-electron chi connectivity index (χ2n) is 5.07. The Kier molecular flexibility index (Phi) is 3.06. The van der Waals surface area contributed by atoms with E-state index in [1.54, 1.807) is 0 Å². The molecular weight excluding hydrogens is 226 g/mol. The zero-order valence-electron chi connectivity index (χ0n) is 10.6. The highest BCUT2D eigenvalue weighted by Crippen LogP contribution is 2.27. The molecule has 1 aromatic carbocycles. The van der Waals surface area contributed by atoms with Crippen molar-refractivity contribution in [3.63, 3.8) is 0 Å². The molecule has 1 aliphatic heterocycles. The molecule has 0 radical (unpaired) electrons. The minimum Gasteiger partial charge on any atom is -0.381 e. The monoisotopic (exact) mass is 245 g/mol. The molecule has 2 heterocycles.